The van der Waals surface area contributed by atoms with Crippen molar-refractivity contribution in [1.29, 1.82) is 0 Å². The first-order chi connectivity index (χ1) is 16.2. The van der Waals surface area contributed by atoms with E-state index in [0.29, 0.717) is 0 Å². The SMILES string of the molecule is Brc1ccc(-c2cc(-c3[c-]cc4ccccc4c3)nc(-c3[c-]cc4ccccc4c3)c2)cc1. The highest BCUT2D eigenvalue weighted by molar-refractivity contribution is 9.10. The summed E-state index contributed by atoms with van der Waals surface area (Å²) in [7, 11) is 0. The van der Waals surface area contributed by atoms with Crippen LogP contribution in [0.5, 0.6) is 0 Å². The van der Waals surface area contributed by atoms with Gasteiger partial charge < -0.3 is 4.98 Å². The first-order valence-electron chi connectivity index (χ1n) is 10.8. The lowest BCUT2D eigenvalue weighted by atomic mass is 9.98. The van der Waals surface area contributed by atoms with E-state index >= 15 is 0 Å². The van der Waals surface area contributed by atoms with Crippen molar-refractivity contribution in [3.8, 4) is 33.6 Å². The van der Waals surface area contributed by atoms with Crippen LogP contribution in [0.15, 0.2) is 114 Å². The summed E-state index contributed by atoms with van der Waals surface area (Å²) in [6.07, 6.45) is 0. The summed E-state index contributed by atoms with van der Waals surface area (Å²) < 4.78 is 1.06. The van der Waals surface area contributed by atoms with Crippen molar-refractivity contribution in [2.75, 3.05) is 0 Å². The normalized spacial score (nSPS) is 11.2. The Hall–Kier alpha value is -3.75. The molecule has 0 N–H and O–H groups in total. The number of hydrogen-bond acceptors (Lipinski definition) is 1. The quantitative estimate of drug-likeness (QED) is 0.229. The first kappa shape index (κ1) is 19.9. The lowest BCUT2D eigenvalue weighted by molar-refractivity contribution is 1.32. The molecule has 0 aliphatic heterocycles. The van der Waals surface area contributed by atoms with E-state index in [0.717, 1.165) is 38.1 Å². The molecule has 0 unspecified atom stereocenters. The van der Waals surface area contributed by atoms with Gasteiger partial charge in [-0.2, -0.15) is 0 Å². The molecule has 0 atom stereocenters. The summed E-state index contributed by atoms with van der Waals surface area (Å²) in [5.74, 6) is 0. The molecule has 1 nitrogen and oxygen atoms in total. The van der Waals surface area contributed by atoms with Crippen molar-refractivity contribution < 1.29 is 0 Å². The van der Waals surface area contributed by atoms with Crippen molar-refractivity contribution in [1.82, 2.24) is 4.98 Å². The van der Waals surface area contributed by atoms with Gasteiger partial charge in [0.15, 0.2) is 0 Å². The van der Waals surface area contributed by atoms with Crippen LogP contribution in [-0.4, -0.2) is 4.98 Å². The number of hydrogen-bond donors (Lipinski definition) is 0. The number of nitrogens with zero attached hydrogens (tertiary/aromatic N) is 1. The van der Waals surface area contributed by atoms with Gasteiger partial charge in [0.05, 0.1) is 0 Å². The van der Waals surface area contributed by atoms with Crippen molar-refractivity contribution in [3.05, 3.63) is 126 Å². The molecule has 0 saturated heterocycles. The summed E-state index contributed by atoms with van der Waals surface area (Å²) in [4.78, 5) is 5.06. The summed E-state index contributed by atoms with van der Waals surface area (Å²) in [5.41, 5.74) is 6.02. The molecule has 33 heavy (non-hydrogen) atoms. The van der Waals surface area contributed by atoms with Gasteiger partial charge in [0, 0.05) is 4.47 Å². The Kier molecular flexibility index (Phi) is 5.01. The molecule has 0 fully saturated rings. The van der Waals surface area contributed by atoms with E-state index in [-0.39, 0.29) is 0 Å². The predicted octanol–water partition coefficient (Wildman–Crippen LogP) is 8.75. The maximum atomic E-state index is 5.06. The molecular weight excluding hydrogens is 466 g/mol. The molecule has 0 aliphatic carbocycles. The minimum atomic E-state index is 0.901. The molecule has 6 aromatic rings. The Morgan fingerprint density at radius 3 is 1.52 bits per heavy atom. The number of aromatic nitrogens is 1. The molecular formula is C31H18BrN-2. The van der Waals surface area contributed by atoms with E-state index in [1.54, 1.807) is 0 Å². The lowest BCUT2D eigenvalue weighted by Crippen LogP contribution is -1.92. The van der Waals surface area contributed by atoms with Crippen molar-refractivity contribution >= 4 is 37.5 Å². The van der Waals surface area contributed by atoms with Crippen LogP contribution < -0.4 is 0 Å². The summed E-state index contributed by atoms with van der Waals surface area (Å²) >= 11 is 3.54. The zero-order chi connectivity index (χ0) is 22.2. The van der Waals surface area contributed by atoms with Gasteiger partial charge in [-0.1, -0.05) is 99.5 Å². The van der Waals surface area contributed by atoms with Gasteiger partial charge >= 0.3 is 0 Å². The second kappa shape index (κ2) is 8.31. The second-order valence-electron chi connectivity index (χ2n) is 8.08. The van der Waals surface area contributed by atoms with E-state index in [9.17, 15) is 0 Å². The Bertz CT molecular complexity index is 1520. The molecule has 6 rings (SSSR count). The third kappa shape index (κ3) is 3.94. The Morgan fingerprint density at radius 1 is 0.515 bits per heavy atom. The fourth-order valence-electron chi connectivity index (χ4n) is 4.16. The average molecular weight is 484 g/mol. The van der Waals surface area contributed by atoms with Crippen molar-refractivity contribution in [2.24, 2.45) is 0 Å². The van der Waals surface area contributed by atoms with Crippen LogP contribution in [0.4, 0.5) is 0 Å². The minimum Gasteiger partial charge on any atom is -0.345 e. The molecule has 0 bridgehead atoms. The Labute approximate surface area is 201 Å². The number of halogens is 1. The number of fused-ring (bicyclic) bond motifs is 2. The Balaban J connectivity index is 1.56. The highest BCUT2D eigenvalue weighted by Crippen LogP contribution is 2.32. The fraction of sp³-hybridized carbons (Fsp3) is 0. The molecule has 5 aromatic carbocycles. The monoisotopic (exact) mass is 483 g/mol. The summed E-state index contributed by atoms with van der Waals surface area (Å²) in [6.45, 7) is 0. The van der Waals surface area contributed by atoms with Crippen molar-refractivity contribution in [3.63, 3.8) is 0 Å². The maximum Gasteiger partial charge on any atom is 0.0175 e. The number of pyridine rings is 1. The van der Waals surface area contributed by atoms with Gasteiger partial charge in [-0.15, -0.1) is 58.3 Å². The third-order valence-electron chi connectivity index (χ3n) is 5.91. The molecule has 2 heteroatoms. The summed E-state index contributed by atoms with van der Waals surface area (Å²) in [6, 6.07) is 44.7. The van der Waals surface area contributed by atoms with Crippen LogP contribution in [0.2, 0.25) is 0 Å². The van der Waals surface area contributed by atoms with Gasteiger partial charge in [-0.05, 0) is 34.6 Å². The number of benzene rings is 5. The van der Waals surface area contributed by atoms with E-state index in [1.165, 1.54) is 21.5 Å². The van der Waals surface area contributed by atoms with E-state index < -0.39 is 0 Å². The smallest absolute Gasteiger partial charge is 0.0175 e. The molecule has 1 heterocycles. The first-order valence-corrected chi connectivity index (χ1v) is 11.6. The molecule has 0 saturated carbocycles. The fourth-order valence-corrected chi connectivity index (χ4v) is 4.43. The highest BCUT2D eigenvalue weighted by Gasteiger charge is 2.04. The molecule has 156 valence electrons. The maximum absolute atomic E-state index is 5.06. The van der Waals surface area contributed by atoms with Crippen LogP contribution in [0.3, 0.4) is 0 Å². The van der Waals surface area contributed by atoms with Crippen LogP contribution in [0.25, 0.3) is 55.2 Å². The van der Waals surface area contributed by atoms with Gasteiger partial charge in [0.25, 0.3) is 0 Å². The molecule has 0 spiro atoms. The largest absolute Gasteiger partial charge is 0.345 e. The standard InChI is InChI=1S/C31H18BrN/c32-29-15-13-23(14-16-29)28-19-30(26-11-9-21-5-1-3-7-24(21)17-26)33-31(20-28)27-12-10-22-6-2-4-8-25(22)18-27/h1-10,13-20H/q-2. The second-order valence-corrected chi connectivity index (χ2v) is 9.00. The van der Waals surface area contributed by atoms with Gasteiger partial charge in [0.2, 0.25) is 0 Å². The van der Waals surface area contributed by atoms with Gasteiger partial charge in [-0.3, -0.25) is 0 Å². The van der Waals surface area contributed by atoms with Crippen molar-refractivity contribution in [2.45, 2.75) is 0 Å². The molecule has 0 aliphatic rings. The van der Waals surface area contributed by atoms with Crippen LogP contribution in [-0.2, 0) is 0 Å². The van der Waals surface area contributed by atoms with Gasteiger partial charge in [-0.25, -0.2) is 0 Å². The van der Waals surface area contributed by atoms with Crippen LogP contribution >= 0.6 is 15.9 Å². The number of rotatable bonds is 3. The highest BCUT2D eigenvalue weighted by atomic mass is 79.9. The van der Waals surface area contributed by atoms with E-state index in [4.69, 9.17) is 4.98 Å². The van der Waals surface area contributed by atoms with Crippen LogP contribution in [0.1, 0.15) is 0 Å². The zero-order valence-corrected chi connectivity index (χ0v) is 19.3. The molecule has 1 aromatic heterocycles. The summed E-state index contributed by atoms with van der Waals surface area (Å²) in [5, 5.41) is 4.71. The third-order valence-corrected chi connectivity index (χ3v) is 6.44. The molecule has 0 amide bonds. The molecule has 0 radical (unpaired) electrons. The minimum absolute atomic E-state index is 0.901. The van der Waals surface area contributed by atoms with Crippen LogP contribution in [0, 0.1) is 12.1 Å². The lowest BCUT2D eigenvalue weighted by Gasteiger charge is -2.19. The predicted molar refractivity (Wildman–Crippen MR) is 141 cm³/mol. The Morgan fingerprint density at radius 2 is 1.00 bits per heavy atom. The topological polar surface area (TPSA) is 12.9 Å². The van der Waals surface area contributed by atoms with E-state index in [2.05, 4.69) is 125 Å². The van der Waals surface area contributed by atoms with Gasteiger partial charge in [0.1, 0.15) is 0 Å². The average Bonchev–Trinajstić information content (AvgIpc) is 2.88. The zero-order valence-electron chi connectivity index (χ0n) is 17.7. The van der Waals surface area contributed by atoms with E-state index in [1.807, 2.05) is 12.1 Å².